The summed E-state index contributed by atoms with van der Waals surface area (Å²) in [6.45, 7) is 1.58. The van der Waals surface area contributed by atoms with Gasteiger partial charge in [-0.2, -0.15) is 0 Å². The fourth-order valence-corrected chi connectivity index (χ4v) is 2.89. The Kier molecular flexibility index (Phi) is 3.40. The Morgan fingerprint density at radius 1 is 1.16 bits per heavy atom. The zero-order valence-electron chi connectivity index (χ0n) is 10.3. The van der Waals surface area contributed by atoms with Gasteiger partial charge in [0.2, 0.25) is 0 Å². The third-order valence-electron chi connectivity index (χ3n) is 3.30. The van der Waals surface area contributed by atoms with Crippen molar-refractivity contribution in [3.63, 3.8) is 0 Å². The lowest BCUT2D eigenvalue weighted by Crippen LogP contribution is -2.35. The van der Waals surface area contributed by atoms with E-state index in [0.29, 0.717) is 12.3 Å². The van der Waals surface area contributed by atoms with Crippen LogP contribution < -0.4 is 5.43 Å². The summed E-state index contributed by atoms with van der Waals surface area (Å²) in [6, 6.07) is 7.49. The highest BCUT2D eigenvalue weighted by Crippen LogP contribution is 2.32. The lowest BCUT2D eigenvalue weighted by Gasteiger charge is -2.30. The third kappa shape index (κ3) is 2.57. The highest BCUT2D eigenvalue weighted by Gasteiger charge is 2.21. The summed E-state index contributed by atoms with van der Waals surface area (Å²) in [6.07, 6.45) is 4.42. The molecule has 2 aromatic rings. The standard InChI is InChI=1S/C14H14BrN3O/c15-13-1-2-14(19)12-9-18(8-5-11(12)13)17-10-3-6-16-7-4-10/h1-4,6-7,19H,5,8-9H2,(H,16,17). The van der Waals surface area contributed by atoms with Crippen LogP contribution in [0, 0.1) is 0 Å². The molecule has 0 radical (unpaired) electrons. The summed E-state index contributed by atoms with van der Waals surface area (Å²) in [5.41, 5.74) is 6.53. The Labute approximate surface area is 120 Å². The van der Waals surface area contributed by atoms with E-state index >= 15 is 0 Å². The lowest BCUT2D eigenvalue weighted by molar-refractivity contribution is 0.300. The molecule has 0 bridgehead atoms. The van der Waals surface area contributed by atoms with Crippen molar-refractivity contribution in [1.29, 1.82) is 0 Å². The molecular formula is C14H14BrN3O. The van der Waals surface area contributed by atoms with Gasteiger partial charge in [-0.05, 0) is 36.2 Å². The third-order valence-corrected chi connectivity index (χ3v) is 4.04. The number of hydrogen-bond donors (Lipinski definition) is 2. The number of phenolic OH excluding ortho intramolecular Hbond substituents is 1. The second kappa shape index (κ2) is 5.19. The molecule has 19 heavy (non-hydrogen) atoms. The first kappa shape index (κ1) is 12.4. The number of pyridine rings is 1. The van der Waals surface area contributed by atoms with E-state index in [1.54, 1.807) is 18.5 Å². The van der Waals surface area contributed by atoms with E-state index in [9.17, 15) is 5.11 Å². The van der Waals surface area contributed by atoms with Gasteiger partial charge in [0.15, 0.2) is 0 Å². The van der Waals surface area contributed by atoms with Crippen LogP contribution >= 0.6 is 15.9 Å². The number of anilines is 1. The summed E-state index contributed by atoms with van der Waals surface area (Å²) in [4.78, 5) is 4.00. The zero-order valence-corrected chi connectivity index (χ0v) is 11.9. The van der Waals surface area contributed by atoms with Crippen LogP contribution in [-0.4, -0.2) is 21.6 Å². The molecule has 0 saturated heterocycles. The van der Waals surface area contributed by atoms with Crippen molar-refractivity contribution in [2.75, 3.05) is 12.0 Å². The van der Waals surface area contributed by atoms with Crippen LogP contribution in [0.3, 0.4) is 0 Å². The predicted molar refractivity (Wildman–Crippen MR) is 77.8 cm³/mol. The Bertz CT molecular complexity index is 589. The van der Waals surface area contributed by atoms with E-state index in [4.69, 9.17) is 0 Å². The highest BCUT2D eigenvalue weighted by atomic mass is 79.9. The van der Waals surface area contributed by atoms with Gasteiger partial charge in [0.05, 0.1) is 5.69 Å². The molecule has 1 aliphatic rings. The number of benzene rings is 1. The van der Waals surface area contributed by atoms with Crippen molar-refractivity contribution >= 4 is 21.6 Å². The highest BCUT2D eigenvalue weighted by molar-refractivity contribution is 9.10. The van der Waals surface area contributed by atoms with E-state index in [1.165, 1.54) is 5.56 Å². The molecule has 98 valence electrons. The van der Waals surface area contributed by atoms with Gasteiger partial charge in [-0.15, -0.1) is 0 Å². The Morgan fingerprint density at radius 2 is 1.95 bits per heavy atom. The first-order valence-electron chi connectivity index (χ1n) is 6.15. The minimum absolute atomic E-state index is 0.361. The van der Waals surface area contributed by atoms with E-state index in [0.717, 1.165) is 28.7 Å². The molecule has 2 heterocycles. The van der Waals surface area contributed by atoms with Crippen molar-refractivity contribution in [3.05, 3.63) is 52.3 Å². The largest absolute Gasteiger partial charge is 0.508 e. The number of fused-ring (bicyclic) bond motifs is 1. The van der Waals surface area contributed by atoms with Gasteiger partial charge in [0.1, 0.15) is 5.75 Å². The van der Waals surface area contributed by atoms with Gasteiger partial charge in [0, 0.05) is 35.5 Å². The van der Waals surface area contributed by atoms with Crippen LogP contribution in [0.1, 0.15) is 11.1 Å². The maximum Gasteiger partial charge on any atom is 0.120 e. The summed E-state index contributed by atoms with van der Waals surface area (Å²) in [5.74, 6) is 0.361. The average molecular weight is 320 g/mol. The molecule has 1 aromatic heterocycles. The fraction of sp³-hybridized carbons (Fsp3) is 0.214. The number of nitrogens with zero attached hydrogens (tertiary/aromatic N) is 2. The molecule has 4 nitrogen and oxygen atoms in total. The molecular weight excluding hydrogens is 306 g/mol. The summed E-state index contributed by atoms with van der Waals surface area (Å²) >= 11 is 3.54. The van der Waals surface area contributed by atoms with Crippen molar-refractivity contribution in [3.8, 4) is 5.75 Å². The number of phenols is 1. The molecule has 0 spiro atoms. The monoisotopic (exact) mass is 319 g/mol. The van der Waals surface area contributed by atoms with Crippen LogP contribution in [0.4, 0.5) is 5.69 Å². The molecule has 2 N–H and O–H groups in total. The van der Waals surface area contributed by atoms with Crippen LogP contribution in [0.25, 0.3) is 0 Å². The maximum atomic E-state index is 9.98. The lowest BCUT2D eigenvalue weighted by atomic mass is 10.00. The van der Waals surface area contributed by atoms with E-state index in [2.05, 4.69) is 31.3 Å². The number of aromatic nitrogens is 1. The molecule has 1 aromatic carbocycles. The quantitative estimate of drug-likeness (QED) is 0.893. The van der Waals surface area contributed by atoms with Gasteiger partial charge in [0.25, 0.3) is 0 Å². The fourth-order valence-electron chi connectivity index (χ4n) is 2.32. The molecule has 0 unspecified atom stereocenters. The van der Waals surface area contributed by atoms with Gasteiger partial charge < -0.3 is 10.5 Å². The number of rotatable bonds is 2. The SMILES string of the molecule is Oc1ccc(Br)c2c1CN(Nc1ccncc1)CC2. The van der Waals surface area contributed by atoms with Crippen LogP contribution in [-0.2, 0) is 13.0 Å². The Hall–Kier alpha value is -1.59. The molecule has 0 amide bonds. The van der Waals surface area contributed by atoms with Gasteiger partial charge >= 0.3 is 0 Å². The number of hydrogen-bond acceptors (Lipinski definition) is 4. The normalized spacial score (nSPS) is 15.0. The minimum atomic E-state index is 0.361. The van der Waals surface area contributed by atoms with Crippen molar-refractivity contribution in [2.45, 2.75) is 13.0 Å². The van der Waals surface area contributed by atoms with E-state index < -0.39 is 0 Å². The van der Waals surface area contributed by atoms with Crippen LogP contribution in [0.2, 0.25) is 0 Å². The molecule has 0 saturated carbocycles. The smallest absolute Gasteiger partial charge is 0.120 e. The van der Waals surface area contributed by atoms with E-state index in [1.807, 2.05) is 18.2 Å². The summed E-state index contributed by atoms with van der Waals surface area (Å²) in [5, 5.41) is 12.1. The molecule has 0 fully saturated rings. The van der Waals surface area contributed by atoms with Crippen LogP contribution in [0.5, 0.6) is 5.75 Å². The van der Waals surface area contributed by atoms with Gasteiger partial charge in [-0.1, -0.05) is 15.9 Å². The second-order valence-corrected chi connectivity index (χ2v) is 5.40. The number of nitrogens with one attached hydrogen (secondary N) is 1. The molecule has 0 aliphatic carbocycles. The van der Waals surface area contributed by atoms with Crippen molar-refractivity contribution in [2.24, 2.45) is 0 Å². The Morgan fingerprint density at radius 3 is 2.74 bits per heavy atom. The van der Waals surface area contributed by atoms with Gasteiger partial charge in [-0.25, -0.2) is 5.01 Å². The first-order valence-corrected chi connectivity index (χ1v) is 6.94. The molecule has 3 rings (SSSR count). The Balaban J connectivity index is 1.81. The minimum Gasteiger partial charge on any atom is -0.508 e. The topological polar surface area (TPSA) is 48.4 Å². The summed E-state index contributed by atoms with van der Waals surface area (Å²) < 4.78 is 1.07. The molecule has 1 aliphatic heterocycles. The predicted octanol–water partition coefficient (Wildman–Crippen LogP) is 2.93. The number of halogens is 1. The van der Waals surface area contributed by atoms with Gasteiger partial charge in [-0.3, -0.25) is 4.98 Å². The van der Waals surface area contributed by atoms with E-state index in [-0.39, 0.29) is 0 Å². The molecule has 0 atom stereocenters. The molecule has 5 heteroatoms. The first-order chi connectivity index (χ1) is 9.24. The van der Waals surface area contributed by atoms with Crippen molar-refractivity contribution in [1.82, 2.24) is 9.99 Å². The average Bonchev–Trinajstić information content (AvgIpc) is 2.44. The second-order valence-electron chi connectivity index (χ2n) is 4.54. The summed E-state index contributed by atoms with van der Waals surface area (Å²) in [7, 11) is 0. The van der Waals surface area contributed by atoms with Crippen LogP contribution in [0.15, 0.2) is 41.1 Å². The number of hydrazine groups is 1. The maximum absolute atomic E-state index is 9.98. The zero-order chi connectivity index (χ0) is 13.2. The van der Waals surface area contributed by atoms with Crippen molar-refractivity contribution < 1.29 is 5.11 Å². The number of aromatic hydroxyl groups is 1.